The van der Waals surface area contributed by atoms with Gasteiger partial charge in [-0.1, -0.05) is 23.9 Å². The van der Waals surface area contributed by atoms with Crippen LogP contribution in [0.1, 0.15) is 25.0 Å². The van der Waals surface area contributed by atoms with E-state index in [4.69, 9.17) is 4.98 Å². The number of hydrogen-bond acceptors (Lipinski definition) is 5. The lowest BCUT2D eigenvalue weighted by molar-refractivity contribution is -0.127. The Hall–Kier alpha value is -2.12. The molecular weight excluding hydrogens is 378 g/mol. The van der Waals surface area contributed by atoms with Crippen molar-refractivity contribution in [2.24, 2.45) is 0 Å². The average molecular weight is 402 g/mol. The number of aryl methyl sites for hydroxylation is 2. The summed E-state index contributed by atoms with van der Waals surface area (Å²) in [6.45, 7) is 9.27. The van der Waals surface area contributed by atoms with Crippen molar-refractivity contribution in [3.8, 4) is 5.69 Å². The molecule has 0 radical (unpaired) electrons. The number of hydrogen-bond donors (Lipinski definition) is 0. The van der Waals surface area contributed by atoms with Gasteiger partial charge in [-0.25, -0.2) is 4.98 Å². The Labute approximate surface area is 167 Å². The molecule has 0 N–H and O–H groups in total. The molecular formula is C20H23N3O2S2. The van der Waals surface area contributed by atoms with Gasteiger partial charge < -0.3 is 4.90 Å². The van der Waals surface area contributed by atoms with Crippen LogP contribution in [-0.2, 0) is 4.79 Å². The topological polar surface area (TPSA) is 55.2 Å². The van der Waals surface area contributed by atoms with Crippen molar-refractivity contribution in [2.45, 2.75) is 32.9 Å². The molecule has 7 heteroatoms. The minimum absolute atomic E-state index is 0.0529. The van der Waals surface area contributed by atoms with Crippen LogP contribution in [0, 0.1) is 13.8 Å². The first-order chi connectivity index (χ1) is 13.0. The second kappa shape index (κ2) is 8.27. The summed E-state index contributed by atoms with van der Waals surface area (Å²) >= 11 is 2.72. The normalized spacial score (nSPS) is 11.1. The number of carbonyl (C=O) groups excluding carboxylic acids is 1. The van der Waals surface area contributed by atoms with Gasteiger partial charge in [-0.2, -0.15) is 0 Å². The van der Waals surface area contributed by atoms with Gasteiger partial charge in [0.2, 0.25) is 5.91 Å². The molecule has 0 aliphatic heterocycles. The van der Waals surface area contributed by atoms with E-state index in [2.05, 4.69) is 0 Å². The lowest BCUT2D eigenvalue weighted by Crippen LogP contribution is -2.32. The standard InChI is InChI=1S/C20H23N3O2S2/c1-5-22(6-2)17(24)12-27-20-21-15-9-10-26-18(15)19(25)23(20)16-11-13(3)7-8-14(16)4/h7-11H,5-6,12H2,1-4H3. The molecule has 0 atom stereocenters. The van der Waals surface area contributed by atoms with E-state index in [1.165, 1.54) is 23.1 Å². The van der Waals surface area contributed by atoms with Crippen molar-refractivity contribution >= 4 is 39.2 Å². The van der Waals surface area contributed by atoms with Crippen molar-refractivity contribution in [2.75, 3.05) is 18.8 Å². The summed E-state index contributed by atoms with van der Waals surface area (Å²) in [6, 6.07) is 7.88. The number of nitrogens with zero attached hydrogens (tertiary/aromatic N) is 3. The van der Waals surface area contributed by atoms with Crippen LogP contribution in [0.5, 0.6) is 0 Å². The predicted octanol–water partition coefficient (Wildman–Crippen LogP) is 4.02. The highest BCUT2D eigenvalue weighted by Crippen LogP contribution is 2.25. The van der Waals surface area contributed by atoms with E-state index in [0.717, 1.165) is 16.8 Å². The van der Waals surface area contributed by atoms with E-state index in [9.17, 15) is 9.59 Å². The third kappa shape index (κ3) is 3.94. The summed E-state index contributed by atoms with van der Waals surface area (Å²) in [6.07, 6.45) is 0. The van der Waals surface area contributed by atoms with Crippen molar-refractivity contribution < 1.29 is 4.79 Å². The summed E-state index contributed by atoms with van der Waals surface area (Å²) in [5.41, 5.74) is 3.49. The van der Waals surface area contributed by atoms with Crippen LogP contribution in [0.2, 0.25) is 0 Å². The molecule has 0 bridgehead atoms. The number of amides is 1. The Kier molecular flexibility index (Phi) is 6.01. The van der Waals surface area contributed by atoms with E-state index in [-0.39, 0.29) is 17.2 Å². The van der Waals surface area contributed by atoms with Gasteiger partial charge in [-0.3, -0.25) is 14.2 Å². The van der Waals surface area contributed by atoms with Crippen LogP contribution in [-0.4, -0.2) is 39.2 Å². The minimum Gasteiger partial charge on any atom is -0.343 e. The highest BCUT2D eigenvalue weighted by atomic mass is 32.2. The number of benzene rings is 1. The molecule has 3 aromatic rings. The van der Waals surface area contributed by atoms with Crippen LogP contribution in [0.4, 0.5) is 0 Å². The second-order valence-electron chi connectivity index (χ2n) is 6.31. The molecule has 0 unspecified atom stereocenters. The van der Waals surface area contributed by atoms with Crippen LogP contribution in [0.15, 0.2) is 39.6 Å². The number of aromatic nitrogens is 2. The molecule has 0 saturated carbocycles. The molecule has 5 nitrogen and oxygen atoms in total. The van der Waals surface area contributed by atoms with Gasteiger partial charge in [0.1, 0.15) is 4.70 Å². The Morgan fingerprint density at radius 3 is 2.67 bits per heavy atom. The zero-order chi connectivity index (χ0) is 19.6. The van der Waals surface area contributed by atoms with E-state index in [1.807, 2.05) is 57.3 Å². The first-order valence-corrected chi connectivity index (χ1v) is 10.8. The molecule has 0 aliphatic rings. The Morgan fingerprint density at radius 2 is 1.96 bits per heavy atom. The molecule has 0 saturated heterocycles. The third-order valence-electron chi connectivity index (χ3n) is 4.50. The number of rotatable bonds is 6. The first-order valence-electron chi connectivity index (χ1n) is 8.94. The molecule has 27 heavy (non-hydrogen) atoms. The molecule has 0 fully saturated rings. The monoisotopic (exact) mass is 401 g/mol. The maximum atomic E-state index is 13.2. The first kappa shape index (κ1) is 19.6. The van der Waals surface area contributed by atoms with E-state index >= 15 is 0 Å². The van der Waals surface area contributed by atoms with E-state index in [0.29, 0.717) is 28.5 Å². The number of carbonyl (C=O) groups is 1. The fourth-order valence-electron chi connectivity index (χ4n) is 2.96. The largest absolute Gasteiger partial charge is 0.343 e. The average Bonchev–Trinajstić information content (AvgIpc) is 3.12. The van der Waals surface area contributed by atoms with Gasteiger partial charge in [-0.05, 0) is 56.3 Å². The summed E-state index contributed by atoms with van der Waals surface area (Å²) in [4.78, 5) is 32.1. The number of thioether (sulfide) groups is 1. The van der Waals surface area contributed by atoms with Gasteiger partial charge >= 0.3 is 0 Å². The molecule has 142 valence electrons. The Balaban J connectivity index is 2.10. The SMILES string of the molecule is CCN(CC)C(=O)CSc1nc2ccsc2c(=O)n1-c1cc(C)ccc1C. The maximum absolute atomic E-state index is 13.2. The summed E-state index contributed by atoms with van der Waals surface area (Å²) in [7, 11) is 0. The molecule has 0 aliphatic carbocycles. The van der Waals surface area contributed by atoms with E-state index < -0.39 is 0 Å². The predicted molar refractivity (Wildman–Crippen MR) is 113 cm³/mol. The van der Waals surface area contributed by atoms with Gasteiger partial charge in [-0.15, -0.1) is 11.3 Å². The van der Waals surface area contributed by atoms with Crippen LogP contribution in [0.3, 0.4) is 0 Å². The second-order valence-corrected chi connectivity index (χ2v) is 8.17. The van der Waals surface area contributed by atoms with Crippen molar-refractivity contribution in [1.82, 2.24) is 14.5 Å². The van der Waals surface area contributed by atoms with Crippen molar-refractivity contribution in [3.63, 3.8) is 0 Å². The molecule has 2 heterocycles. The zero-order valence-electron chi connectivity index (χ0n) is 16.0. The lowest BCUT2D eigenvalue weighted by atomic mass is 10.1. The van der Waals surface area contributed by atoms with Gasteiger partial charge in [0.25, 0.3) is 5.56 Å². The minimum atomic E-state index is -0.0820. The number of thiophene rings is 1. The highest BCUT2D eigenvalue weighted by molar-refractivity contribution is 7.99. The third-order valence-corrected chi connectivity index (χ3v) is 6.31. The van der Waals surface area contributed by atoms with Crippen LogP contribution >= 0.6 is 23.1 Å². The number of fused-ring (bicyclic) bond motifs is 1. The van der Waals surface area contributed by atoms with Crippen molar-refractivity contribution in [3.05, 3.63) is 51.1 Å². The Bertz CT molecular complexity index is 1040. The van der Waals surface area contributed by atoms with Gasteiger partial charge in [0, 0.05) is 13.1 Å². The molecule has 1 aromatic carbocycles. The van der Waals surface area contributed by atoms with Gasteiger partial charge in [0.05, 0.1) is 17.0 Å². The quantitative estimate of drug-likeness (QED) is 0.462. The fraction of sp³-hybridized carbons (Fsp3) is 0.350. The zero-order valence-corrected chi connectivity index (χ0v) is 17.6. The van der Waals surface area contributed by atoms with Crippen LogP contribution < -0.4 is 5.56 Å². The molecule has 1 amide bonds. The summed E-state index contributed by atoms with van der Waals surface area (Å²) in [5, 5.41) is 2.43. The molecule has 3 rings (SSSR count). The molecule has 0 spiro atoms. The lowest BCUT2D eigenvalue weighted by Gasteiger charge is -2.19. The summed E-state index contributed by atoms with van der Waals surface area (Å²) in [5.74, 6) is 0.312. The fourth-order valence-corrected chi connectivity index (χ4v) is 4.62. The highest BCUT2D eigenvalue weighted by Gasteiger charge is 2.18. The summed E-state index contributed by atoms with van der Waals surface area (Å²) < 4.78 is 2.29. The van der Waals surface area contributed by atoms with Crippen molar-refractivity contribution in [1.29, 1.82) is 0 Å². The van der Waals surface area contributed by atoms with E-state index in [1.54, 1.807) is 9.47 Å². The Morgan fingerprint density at radius 1 is 1.22 bits per heavy atom. The van der Waals surface area contributed by atoms with Gasteiger partial charge in [0.15, 0.2) is 5.16 Å². The van der Waals surface area contributed by atoms with Crippen LogP contribution in [0.25, 0.3) is 15.9 Å². The smallest absolute Gasteiger partial charge is 0.276 e. The maximum Gasteiger partial charge on any atom is 0.276 e. The molecule has 2 aromatic heterocycles.